The summed E-state index contributed by atoms with van der Waals surface area (Å²) in [6.07, 6.45) is 0.450. The Hall–Kier alpha value is -2.36. The van der Waals surface area contributed by atoms with Gasteiger partial charge < -0.3 is 0 Å². The van der Waals surface area contributed by atoms with Gasteiger partial charge in [0, 0.05) is 23.8 Å². The van der Waals surface area contributed by atoms with E-state index < -0.39 is 5.92 Å². The molecular weight excluding hydrogens is 330 g/mol. The Morgan fingerprint density at radius 2 is 1.69 bits per heavy atom. The molecule has 1 unspecified atom stereocenters. The Kier molecular flexibility index (Phi) is 4.02. The summed E-state index contributed by atoms with van der Waals surface area (Å²) < 4.78 is 27.2. The molecule has 2 nitrogen and oxygen atoms in total. The second-order valence-electron chi connectivity index (χ2n) is 7.57. The summed E-state index contributed by atoms with van der Waals surface area (Å²) in [4.78, 5) is 9.25. The van der Waals surface area contributed by atoms with E-state index in [2.05, 4.69) is 42.0 Å². The van der Waals surface area contributed by atoms with E-state index in [0.717, 1.165) is 27.7 Å². The van der Waals surface area contributed by atoms with Gasteiger partial charge in [-0.05, 0) is 56.9 Å². The SMILES string of the molecule is Cc1cc(C)cc(-c2nc(C)nc3cc(C4CCC(F)(F)C4)ccc23)c1. The van der Waals surface area contributed by atoms with Gasteiger partial charge in [0.15, 0.2) is 0 Å². The molecule has 26 heavy (non-hydrogen) atoms. The molecule has 1 aliphatic carbocycles. The van der Waals surface area contributed by atoms with E-state index in [0.29, 0.717) is 12.2 Å². The Morgan fingerprint density at radius 1 is 0.962 bits per heavy atom. The molecule has 0 bridgehead atoms. The van der Waals surface area contributed by atoms with Gasteiger partial charge in [0.1, 0.15) is 5.82 Å². The van der Waals surface area contributed by atoms with Crippen molar-refractivity contribution in [2.45, 2.75) is 51.9 Å². The number of fused-ring (bicyclic) bond motifs is 1. The lowest BCUT2D eigenvalue weighted by atomic mass is 9.95. The van der Waals surface area contributed by atoms with Gasteiger partial charge >= 0.3 is 0 Å². The van der Waals surface area contributed by atoms with Crippen LogP contribution in [0.15, 0.2) is 36.4 Å². The molecule has 0 spiro atoms. The van der Waals surface area contributed by atoms with Crippen LogP contribution >= 0.6 is 0 Å². The Morgan fingerprint density at radius 3 is 2.35 bits per heavy atom. The van der Waals surface area contributed by atoms with Crippen molar-refractivity contribution in [2.75, 3.05) is 0 Å². The summed E-state index contributed by atoms with van der Waals surface area (Å²) in [5.74, 6) is -1.93. The normalized spacial score (nSPS) is 19.2. The minimum atomic E-state index is -2.54. The topological polar surface area (TPSA) is 25.8 Å². The molecule has 0 N–H and O–H groups in total. The van der Waals surface area contributed by atoms with Crippen LogP contribution in [0, 0.1) is 20.8 Å². The van der Waals surface area contributed by atoms with Crippen LogP contribution in [0.2, 0.25) is 0 Å². The first-order valence-electron chi connectivity index (χ1n) is 9.05. The zero-order chi connectivity index (χ0) is 18.5. The molecule has 1 aliphatic rings. The molecule has 1 heterocycles. The van der Waals surface area contributed by atoms with Crippen LogP contribution in [0.3, 0.4) is 0 Å². The van der Waals surface area contributed by atoms with E-state index in [1.165, 1.54) is 11.1 Å². The van der Waals surface area contributed by atoms with Gasteiger partial charge in [-0.3, -0.25) is 0 Å². The smallest absolute Gasteiger partial charge is 0.233 e. The molecule has 134 valence electrons. The largest absolute Gasteiger partial charge is 0.248 e. The maximum atomic E-state index is 13.6. The standard InChI is InChI=1S/C22H22F2N2/c1-13-8-14(2)10-18(9-13)21-19-5-4-16(11-20(19)25-15(3)26-21)17-6-7-22(23,24)12-17/h4-5,8-11,17H,6-7,12H2,1-3H3. The molecule has 1 atom stereocenters. The lowest BCUT2D eigenvalue weighted by molar-refractivity contribution is 0.00777. The molecule has 3 aromatic rings. The maximum Gasteiger partial charge on any atom is 0.248 e. The zero-order valence-electron chi connectivity index (χ0n) is 15.3. The molecule has 4 rings (SSSR count). The van der Waals surface area contributed by atoms with Crippen molar-refractivity contribution in [3.05, 3.63) is 58.9 Å². The quantitative estimate of drug-likeness (QED) is 0.555. The third-order valence-electron chi connectivity index (χ3n) is 5.20. The van der Waals surface area contributed by atoms with Gasteiger partial charge in [0.2, 0.25) is 5.92 Å². The van der Waals surface area contributed by atoms with Crippen molar-refractivity contribution < 1.29 is 8.78 Å². The first kappa shape index (κ1) is 17.1. The number of hydrogen-bond acceptors (Lipinski definition) is 2. The molecule has 1 fully saturated rings. The third-order valence-corrected chi connectivity index (χ3v) is 5.20. The van der Waals surface area contributed by atoms with Crippen molar-refractivity contribution in [1.29, 1.82) is 0 Å². The Balaban J connectivity index is 1.83. The number of alkyl halides is 2. The highest BCUT2D eigenvalue weighted by Gasteiger charge is 2.39. The van der Waals surface area contributed by atoms with Crippen LogP contribution in [0.5, 0.6) is 0 Å². The van der Waals surface area contributed by atoms with Crippen LogP contribution in [0.1, 0.15) is 47.7 Å². The van der Waals surface area contributed by atoms with Crippen molar-refractivity contribution in [3.63, 3.8) is 0 Å². The van der Waals surface area contributed by atoms with Crippen molar-refractivity contribution in [3.8, 4) is 11.3 Å². The van der Waals surface area contributed by atoms with Crippen molar-refractivity contribution >= 4 is 10.9 Å². The maximum absolute atomic E-state index is 13.6. The fraction of sp³-hybridized carbons (Fsp3) is 0.364. The molecule has 4 heteroatoms. The summed E-state index contributed by atoms with van der Waals surface area (Å²) in [5.41, 5.74) is 6.14. The highest BCUT2D eigenvalue weighted by atomic mass is 19.3. The predicted octanol–water partition coefficient (Wildman–Crippen LogP) is 6.12. The summed E-state index contributed by atoms with van der Waals surface area (Å²) in [6, 6.07) is 12.3. The highest BCUT2D eigenvalue weighted by Crippen LogP contribution is 2.44. The number of benzene rings is 2. The van der Waals surface area contributed by atoms with E-state index in [1.807, 2.05) is 25.1 Å². The monoisotopic (exact) mass is 352 g/mol. The second kappa shape index (κ2) is 6.11. The summed E-state index contributed by atoms with van der Waals surface area (Å²) in [5, 5.41) is 0.967. The first-order chi connectivity index (χ1) is 12.3. The fourth-order valence-electron chi connectivity index (χ4n) is 4.08. The number of hydrogen-bond donors (Lipinski definition) is 0. The molecule has 0 radical (unpaired) electrons. The Bertz CT molecular complexity index is 975. The average molecular weight is 352 g/mol. The second-order valence-corrected chi connectivity index (χ2v) is 7.57. The van der Waals surface area contributed by atoms with Crippen molar-refractivity contribution in [1.82, 2.24) is 9.97 Å². The van der Waals surface area contributed by atoms with Gasteiger partial charge in [0.25, 0.3) is 0 Å². The van der Waals surface area contributed by atoms with Crippen LogP contribution in [0.25, 0.3) is 22.2 Å². The molecular formula is C22H22F2N2. The van der Waals surface area contributed by atoms with Gasteiger partial charge in [-0.15, -0.1) is 0 Å². The van der Waals surface area contributed by atoms with E-state index in [4.69, 9.17) is 0 Å². The van der Waals surface area contributed by atoms with Gasteiger partial charge in [0.05, 0.1) is 11.2 Å². The number of rotatable bonds is 2. The van der Waals surface area contributed by atoms with Crippen molar-refractivity contribution in [2.24, 2.45) is 0 Å². The van der Waals surface area contributed by atoms with Gasteiger partial charge in [-0.1, -0.05) is 29.3 Å². The minimum absolute atomic E-state index is 0.0215. The summed E-state index contributed by atoms with van der Waals surface area (Å²) in [6.45, 7) is 6.03. The molecule has 2 aromatic carbocycles. The summed E-state index contributed by atoms with van der Waals surface area (Å²) >= 11 is 0. The summed E-state index contributed by atoms with van der Waals surface area (Å²) in [7, 11) is 0. The highest BCUT2D eigenvalue weighted by molar-refractivity contribution is 5.93. The lowest BCUT2D eigenvalue weighted by Gasteiger charge is -2.14. The molecule has 0 saturated heterocycles. The number of nitrogens with zero attached hydrogens (tertiary/aromatic N) is 2. The third kappa shape index (κ3) is 3.20. The predicted molar refractivity (Wildman–Crippen MR) is 101 cm³/mol. The zero-order valence-corrected chi connectivity index (χ0v) is 15.3. The molecule has 0 amide bonds. The molecule has 1 saturated carbocycles. The van der Waals surface area contributed by atoms with E-state index in [-0.39, 0.29) is 18.8 Å². The van der Waals surface area contributed by atoms with E-state index in [1.54, 1.807) is 0 Å². The number of halogens is 2. The van der Waals surface area contributed by atoms with E-state index in [9.17, 15) is 8.78 Å². The van der Waals surface area contributed by atoms with Crippen LogP contribution in [0.4, 0.5) is 8.78 Å². The van der Waals surface area contributed by atoms with Crippen LogP contribution in [-0.4, -0.2) is 15.9 Å². The van der Waals surface area contributed by atoms with Crippen LogP contribution in [-0.2, 0) is 0 Å². The lowest BCUT2D eigenvalue weighted by Crippen LogP contribution is -2.09. The molecule has 1 aromatic heterocycles. The van der Waals surface area contributed by atoms with Gasteiger partial charge in [-0.25, -0.2) is 18.7 Å². The Labute approximate surface area is 152 Å². The molecule has 0 aliphatic heterocycles. The fourth-order valence-corrected chi connectivity index (χ4v) is 4.08. The number of aromatic nitrogens is 2. The van der Waals surface area contributed by atoms with Gasteiger partial charge in [-0.2, -0.15) is 0 Å². The van der Waals surface area contributed by atoms with E-state index >= 15 is 0 Å². The minimum Gasteiger partial charge on any atom is -0.233 e. The average Bonchev–Trinajstić information content (AvgIpc) is 2.92. The number of aryl methyl sites for hydroxylation is 3. The van der Waals surface area contributed by atoms with Crippen LogP contribution < -0.4 is 0 Å². The first-order valence-corrected chi connectivity index (χ1v) is 9.05.